The number of hydrogen-bond donors (Lipinski definition) is 1. The first-order valence-corrected chi connectivity index (χ1v) is 8.19. The molecule has 3 aromatic rings. The van der Waals surface area contributed by atoms with E-state index in [9.17, 15) is 4.39 Å². The van der Waals surface area contributed by atoms with Gasteiger partial charge in [0.2, 0.25) is 11.1 Å². The van der Waals surface area contributed by atoms with Gasteiger partial charge in [-0.15, -0.1) is 11.3 Å². The molecule has 24 heavy (non-hydrogen) atoms. The fourth-order valence-electron chi connectivity index (χ4n) is 2.07. The first-order chi connectivity index (χ1) is 11.7. The van der Waals surface area contributed by atoms with Gasteiger partial charge in [-0.25, -0.2) is 9.67 Å². The first-order valence-electron chi connectivity index (χ1n) is 7.31. The summed E-state index contributed by atoms with van der Waals surface area (Å²) in [5.74, 6) is 0.396. The van der Waals surface area contributed by atoms with E-state index in [2.05, 4.69) is 20.6 Å². The molecule has 0 radical (unpaired) electrons. The van der Waals surface area contributed by atoms with Gasteiger partial charge in [-0.3, -0.25) is 5.43 Å². The highest BCUT2D eigenvalue weighted by atomic mass is 32.1. The van der Waals surface area contributed by atoms with Crippen molar-refractivity contribution >= 4 is 22.7 Å². The van der Waals surface area contributed by atoms with Gasteiger partial charge in [0, 0.05) is 17.5 Å². The molecule has 0 saturated heterocycles. The molecule has 0 amide bonds. The van der Waals surface area contributed by atoms with Crippen LogP contribution in [0.4, 0.5) is 9.52 Å². The molecule has 0 aliphatic heterocycles. The highest BCUT2D eigenvalue weighted by Crippen LogP contribution is 2.26. The Morgan fingerprint density at radius 2 is 2.17 bits per heavy atom. The van der Waals surface area contributed by atoms with Crippen molar-refractivity contribution in [3.05, 3.63) is 47.4 Å². The SMILES string of the molecule is CCn1ncc(/C=N\Nc2nc(-c3ccc(OC)cc3)cs2)c1F. The van der Waals surface area contributed by atoms with Crippen LogP contribution in [0.1, 0.15) is 12.5 Å². The zero-order valence-corrected chi connectivity index (χ0v) is 14.0. The fourth-order valence-corrected chi connectivity index (χ4v) is 2.74. The number of aryl methyl sites for hydroxylation is 1. The monoisotopic (exact) mass is 345 g/mol. The highest BCUT2D eigenvalue weighted by molar-refractivity contribution is 7.14. The second kappa shape index (κ2) is 7.22. The second-order valence-electron chi connectivity index (χ2n) is 4.84. The zero-order valence-electron chi connectivity index (χ0n) is 13.2. The summed E-state index contributed by atoms with van der Waals surface area (Å²) < 4.78 is 20.2. The average molecular weight is 345 g/mol. The van der Waals surface area contributed by atoms with Gasteiger partial charge < -0.3 is 4.74 Å². The van der Waals surface area contributed by atoms with Crippen molar-refractivity contribution in [3.63, 3.8) is 0 Å². The Bertz CT molecular complexity index is 841. The third-order valence-corrected chi connectivity index (χ3v) is 4.10. The minimum atomic E-state index is -0.402. The molecular weight excluding hydrogens is 329 g/mol. The topological polar surface area (TPSA) is 64.3 Å². The number of benzene rings is 1. The molecule has 0 atom stereocenters. The van der Waals surface area contributed by atoms with Gasteiger partial charge in [-0.05, 0) is 31.2 Å². The van der Waals surface area contributed by atoms with Gasteiger partial charge in [-0.2, -0.15) is 14.6 Å². The molecule has 124 valence electrons. The standard InChI is InChI=1S/C16H16FN5OS/c1-3-22-15(17)12(9-19-22)8-18-21-16-20-14(10-24-16)11-4-6-13(23-2)7-5-11/h4-10H,3H2,1-2H3,(H,20,21)/b18-8-. The predicted octanol–water partition coefficient (Wildman–Crippen LogP) is 3.62. The lowest BCUT2D eigenvalue weighted by Gasteiger charge is -2.00. The summed E-state index contributed by atoms with van der Waals surface area (Å²) in [4.78, 5) is 4.45. The minimum absolute atomic E-state index is 0.330. The Kier molecular flexibility index (Phi) is 4.85. The fraction of sp³-hybridized carbons (Fsp3) is 0.188. The Morgan fingerprint density at radius 1 is 1.38 bits per heavy atom. The summed E-state index contributed by atoms with van der Waals surface area (Å²) in [5, 5.41) is 10.5. The summed E-state index contributed by atoms with van der Waals surface area (Å²) in [6.07, 6.45) is 2.83. The van der Waals surface area contributed by atoms with Crippen molar-refractivity contribution in [1.82, 2.24) is 14.8 Å². The van der Waals surface area contributed by atoms with Crippen LogP contribution in [0, 0.1) is 5.95 Å². The van der Waals surface area contributed by atoms with Crippen LogP contribution in [-0.2, 0) is 6.54 Å². The van der Waals surface area contributed by atoms with Gasteiger partial charge in [-0.1, -0.05) is 0 Å². The number of nitrogens with one attached hydrogen (secondary N) is 1. The number of aromatic nitrogens is 3. The largest absolute Gasteiger partial charge is 0.497 e. The molecule has 2 aromatic heterocycles. The molecule has 3 rings (SSSR count). The number of thiazole rings is 1. The Labute approximate surface area is 142 Å². The molecule has 2 heterocycles. The number of halogens is 1. The van der Waals surface area contributed by atoms with Crippen LogP contribution < -0.4 is 10.2 Å². The molecule has 8 heteroatoms. The van der Waals surface area contributed by atoms with Gasteiger partial charge in [0.25, 0.3) is 0 Å². The van der Waals surface area contributed by atoms with Crippen molar-refractivity contribution in [2.75, 3.05) is 12.5 Å². The number of hydrogen-bond acceptors (Lipinski definition) is 6. The van der Waals surface area contributed by atoms with Crippen molar-refractivity contribution < 1.29 is 9.13 Å². The molecule has 1 aromatic carbocycles. The molecule has 0 aliphatic rings. The Balaban J connectivity index is 1.67. The first kappa shape index (κ1) is 16.1. The van der Waals surface area contributed by atoms with E-state index in [0.29, 0.717) is 17.2 Å². The molecule has 1 N–H and O–H groups in total. The second-order valence-corrected chi connectivity index (χ2v) is 5.70. The van der Waals surface area contributed by atoms with E-state index >= 15 is 0 Å². The summed E-state index contributed by atoms with van der Waals surface area (Å²) in [6, 6.07) is 7.65. The van der Waals surface area contributed by atoms with E-state index in [0.717, 1.165) is 17.0 Å². The predicted molar refractivity (Wildman–Crippen MR) is 93.2 cm³/mol. The molecule has 0 unspecified atom stereocenters. The zero-order chi connectivity index (χ0) is 16.9. The van der Waals surface area contributed by atoms with Crippen LogP contribution in [0.5, 0.6) is 5.75 Å². The quantitative estimate of drug-likeness (QED) is 0.547. The normalized spacial score (nSPS) is 11.1. The van der Waals surface area contributed by atoms with Crippen LogP contribution in [0.15, 0.2) is 40.9 Å². The number of nitrogens with zero attached hydrogens (tertiary/aromatic N) is 4. The van der Waals surface area contributed by atoms with Gasteiger partial charge >= 0.3 is 0 Å². The van der Waals surface area contributed by atoms with Gasteiger partial charge in [0.05, 0.1) is 30.8 Å². The van der Waals surface area contributed by atoms with E-state index in [1.807, 2.05) is 36.6 Å². The maximum absolute atomic E-state index is 13.8. The number of anilines is 1. The number of methoxy groups -OCH3 is 1. The van der Waals surface area contributed by atoms with E-state index < -0.39 is 5.95 Å². The maximum Gasteiger partial charge on any atom is 0.220 e. The van der Waals surface area contributed by atoms with E-state index in [4.69, 9.17) is 4.74 Å². The van der Waals surface area contributed by atoms with Crippen molar-refractivity contribution in [1.29, 1.82) is 0 Å². The lowest BCUT2D eigenvalue weighted by molar-refractivity contribution is 0.415. The lowest BCUT2D eigenvalue weighted by Crippen LogP contribution is -2.00. The van der Waals surface area contributed by atoms with Crippen LogP contribution >= 0.6 is 11.3 Å². The minimum Gasteiger partial charge on any atom is -0.497 e. The van der Waals surface area contributed by atoms with Crippen LogP contribution in [0.3, 0.4) is 0 Å². The lowest BCUT2D eigenvalue weighted by atomic mass is 10.2. The Hall–Kier alpha value is -2.74. The van der Waals surface area contributed by atoms with Crippen molar-refractivity contribution in [2.45, 2.75) is 13.5 Å². The Morgan fingerprint density at radius 3 is 2.83 bits per heavy atom. The maximum atomic E-state index is 13.8. The molecule has 0 aliphatic carbocycles. The van der Waals surface area contributed by atoms with Crippen molar-refractivity contribution in [2.24, 2.45) is 5.10 Å². The summed E-state index contributed by atoms with van der Waals surface area (Å²) in [7, 11) is 1.63. The smallest absolute Gasteiger partial charge is 0.220 e. The average Bonchev–Trinajstić information content (AvgIpc) is 3.22. The summed E-state index contributed by atoms with van der Waals surface area (Å²) in [6.45, 7) is 2.30. The third kappa shape index (κ3) is 3.43. The van der Waals surface area contributed by atoms with Crippen molar-refractivity contribution in [3.8, 4) is 17.0 Å². The number of rotatable bonds is 6. The molecule has 0 saturated carbocycles. The van der Waals surface area contributed by atoms with Crippen LogP contribution in [0.25, 0.3) is 11.3 Å². The van der Waals surface area contributed by atoms with E-state index in [1.54, 1.807) is 7.11 Å². The molecule has 0 fully saturated rings. The van der Waals surface area contributed by atoms with E-state index in [-0.39, 0.29) is 0 Å². The molecule has 0 spiro atoms. The van der Waals surface area contributed by atoms with Crippen LogP contribution in [-0.4, -0.2) is 28.1 Å². The van der Waals surface area contributed by atoms with Gasteiger partial charge in [0.1, 0.15) is 5.75 Å². The van der Waals surface area contributed by atoms with Gasteiger partial charge in [0.15, 0.2) is 0 Å². The number of ether oxygens (including phenoxy) is 1. The third-order valence-electron chi connectivity index (χ3n) is 3.35. The molecular formula is C16H16FN5OS. The summed E-state index contributed by atoms with van der Waals surface area (Å²) in [5.41, 5.74) is 4.96. The number of hydrazone groups is 1. The summed E-state index contributed by atoms with van der Waals surface area (Å²) >= 11 is 1.42. The molecule has 0 bridgehead atoms. The molecule has 6 nitrogen and oxygen atoms in total. The highest BCUT2D eigenvalue weighted by Gasteiger charge is 2.07. The van der Waals surface area contributed by atoms with Crippen LogP contribution in [0.2, 0.25) is 0 Å². The van der Waals surface area contributed by atoms with E-state index in [1.165, 1.54) is 28.4 Å².